The molecule has 3 N–H and O–H groups in total. The molecule has 0 spiro atoms. The highest BCUT2D eigenvalue weighted by Gasteiger charge is 2.32. The molecular formula is C29H34ClNO6. The Bertz CT molecular complexity index is 1160. The first-order valence-corrected chi connectivity index (χ1v) is 12.5. The van der Waals surface area contributed by atoms with E-state index in [0.29, 0.717) is 35.3 Å². The lowest BCUT2D eigenvalue weighted by atomic mass is 9.92. The van der Waals surface area contributed by atoms with E-state index < -0.39 is 30.4 Å². The molecule has 3 rings (SSSR count). The summed E-state index contributed by atoms with van der Waals surface area (Å²) in [5, 5.41) is 22.9. The van der Waals surface area contributed by atoms with E-state index in [9.17, 15) is 15.0 Å². The summed E-state index contributed by atoms with van der Waals surface area (Å²) in [5.74, 6) is 1.85. The Morgan fingerprint density at radius 3 is 2.22 bits per heavy atom. The standard InChI is InChI=1S/C29H34ClNO6/c1-28(2,3)37-27(34)31-29(19-32,20-33)15-14-22-12-13-25(17-26(22)30)36-24-11-7-10-23(16-24)35-18-21-8-5-4-6-9-21/h4-13,16-17,32-33H,14-15,18-20H2,1-3H3,(H,31,34). The molecule has 37 heavy (non-hydrogen) atoms. The minimum atomic E-state index is -1.25. The molecule has 8 heteroatoms. The Hall–Kier alpha value is -3.26. The maximum Gasteiger partial charge on any atom is 0.408 e. The lowest BCUT2D eigenvalue weighted by Crippen LogP contribution is -2.55. The van der Waals surface area contributed by atoms with Crippen LogP contribution in [0.25, 0.3) is 0 Å². The summed E-state index contributed by atoms with van der Waals surface area (Å²) in [7, 11) is 0. The fourth-order valence-corrected chi connectivity index (χ4v) is 3.81. The Labute approximate surface area is 223 Å². The van der Waals surface area contributed by atoms with E-state index in [2.05, 4.69) is 5.32 Å². The molecule has 7 nitrogen and oxygen atoms in total. The van der Waals surface area contributed by atoms with Crippen LogP contribution < -0.4 is 14.8 Å². The van der Waals surface area contributed by atoms with Crippen molar-refractivity contribution in [2.75, 3.05) is 13.2 Å². The zero-order valence-electron chi connectivity index (χ0n) is 21.4. The molecule has 0 saturated heterocycles. The number of hydrogen-bond acceptors (Lipinski definition) is 6. The van der Waals surface area contributed by atoms with Gasteiger partial charge < -0.3 is 29.7 Å². The van der Waals surface area contributed by atoms with E-state index in [-0.39, 0.29) is 6.42 Å². The molecule has 0 fully saturated rings. The third-order valence-corrected chi connectivity index (χ3v) is 5.91. The van der Waals surface area contributed by atoms with E-state index in [1.54, 1.807) is 32.9 Å². The van der Waals surface area contributed by atoms with Crippen LogP contribution >= 0.6 is 11.6 Å². The van der Waals surface area contributed by atoms with Gasteiger partial charge in [-0.25, -0.2) is 4.79 Å². The fraction of sp³-hybridized carbons (Fsp3) is 0.345. The quantitative estimate of drug-likeness (QED) is 0.287. The number of alkyl carbamates (subject to hydrolysis) is 1. The van der Waals surface area contributed by atoms with Crippen LogP contribution in [0.3, 0.4) is 0 Å². The van der Waals surface area contributed by atoms with Gasteiger partial charge >= 0.3 is 6.09 Å². The minimum absolute atomic E-state index is 0.250. The van der Waals surface area contributed by atoms with E-state index in [4.69, 9.17) is 25.8 Å². The average molecular weight is 528 g/mol. The number of carbonyl (C=O) groups is 1. The number of nitrogens with one attached hydrogen (secondary N) is 1. The molecule has 0 unspecified atom stereocenters. The molecule has 0 heterocycles. The minimum Gasteiger partial charge on any atom is -0.489 e. The fourth-order valence-electron chi connectivity index (χ4n) is 3.54. The maximum atomic E-state index is 12.2. The molecule has 198 valence electrons. The van der Waals surface area contributed by atoms with Crippen LogP contribution in [0, 0.1) is 0 Å². The largest absolute Gasteiger partial charge is 0.489 e. The first-order valence-electron chi connectivity index (χ1n) is 12.1. The summed E-state index contributed by atoms with van der Waals surface area (Å²) in [5.41, 5.74) is -0.0934. The number of aliphatic hydroxyl groups excluding tert-OH is 2. The van der Waals surface area contributed by atoms with Crippen molar-refractivity contribution in [2.24, 2.45) is 0 Å². The number of halogens is 1. The van der Waals surface area contributed by atoms with Gasteiger partial charge in [-0.15, -0.1) is 0 Å². The van der Waals surface area contributed by atoms with Crippen LogP contribution in [0.4, 0.5) is 4.79 Å². The number of rotatable bonds is 11. The van der Waals surface area contributed by atoms with Crippen LogP contribution in [-0.2, 0) is 17.8 Å². The monoisotopic (exact) mass is 527 g/mol. The molecule has 3 aromatic carbocycles. The van der Waals surface area contributed by atoms with Crippen molar-refractivity contribution in [3.63, 3.8) is 0 Å². The van der Waals surface area contributed by atoms with Gasteiger partial charge in [0.25, 0.3) is 0 Å². The van der Waals surface area contributed by atoms with Gasteiger partial charge in [-0.2, -0.15) is 0 Å². The Balaban J connectivity index is 1.61. The van der Waals surface area contributed by atoms with Crippen molar-refractivity contribution < 1.29 is 29.2 Å². The highest BCUT2D eigenvalue weighted by molar-refractivity contribution is 6.31. The number of aryl methyl sites for hydroxylation is 1. The number of ether oxygens (including phenoxy) is 3. The predicted octanol–water partition coefficient (Wildman–Crippen LogP) is 5.89. The molecule has 0 radical (unpaired) electrons. The topological polar surface area (TPSA) is 97.3 Å². The molecule has 0 aliphatic rings. The van der Waals surface area contributed by atoms with E-state index in [1.807, 2.05) is 60.7 Å². The van der Waals surface area contributed by atoms with Crippen LogP contribution in [0.2, 0.25) is 5.02 Å². The Morgan fingerprint density at radius 1 is 0.892 bits per heavy atom. The highest BCUT2D eigenvalue weighted by Crippen LogP contribution is 2.30. The molecule has 0 bridgehead atoms. The van der Waals surface area contributed by atoms with Crippen LogP contribution in [0.15, 0.2) is 72.8 Å². The highest BCUT2D eigenvalue weighted by atomic mass is 35.5. The summed E-state index contributed by atoms with van der Waals surface area (Å²) in [6.07, 6.45) is -0.0563. The van der Waals surface area contributed by atoms with Crippen LogP contribution in [0.1, 0.15) is 38.3 Å². The van der Waals surface area contributed by atoms with Crippen molar-refractivity contribution in [1.82, 2.24) is 5.32 Å². The molecule has 0 aliphatic carbocycles. The van der Waals surface area contributed by atoms with Gasteiger partial charge in [0.05, 0.1) is 18.8 Å². The van der Waals surface area contributed by atoms with Crippen molar-refractivity contribution in [3.8, 4) is 17.2 Å². The van der Waals surface area contributed by atoms with Gasteiger partial charge in [0.2, 0.25) is 0 Å². The zero-order valence-corrected chi connectivity index (χ0v) is 22.1. The summed E-state index contributed by atoms with van der Waals surface area (Å²) < 4.78 is 17.1. The maximum absolute atomic E-state index is 12.2. The Kier molecular flexibility index (Phi) is 9.80. The second-order valence-electron chi connectivity index (χ2n) is 9.83. The molecule has 3 aromatic rings. The van der Waals surface area contributed by atoms with E-state index in [0.717, 1.165) is 11.1 Å². The zero-order chi connectivity index (χ0) is 26.9. The lowest BCUT2D eigenvalue weighted by molar-refractivity contribution is 0.0276. The SMILES string of the molecule is CC(C)(C)OC(=O)NC(CO)(CO)CCc1ccc(Oc2cccc(OCc3ccccc3)c2)cc1Cl. The van der Waals surface area contributed by atoms with Gasteiger partial charge in [-0.3, -0.25) is 0 Å². The van der Waals surface area contributed by atoms with Crippen molar-refractivity contribution >= 4 is 17.7 Å². The van der Waals surface area contributed by atoms with Gasteiger partial charge in [0.1, 0.15) is 29.5 Å². The van der Waals surface area contributed by atoms with E-state index in [1.165, 1.54) is 0 Å². The van der Waals surface area contributed by atoms with Crippen LogP contribution in [0.5, 0.6) is 17.2 Å². The number of amides is 1. The molecule has 0 aliphatic heterocycles. The number of aliphatic hydroxyl groups is 2. The van der Waals surface area contributed by atoms with Crippen molar-refractivity contribution in [3.05, 3.63) is 88.9 Å². The summed E-state index contributed by atoms with van der Waals surface area (Å²) in [6, 6.07) is 22.6. The third kappa shape index (κ3) is 8.97. The third-order valence-electron chi connectivity index (χ3n) is 5.56. The smallest absolute Gasteiger partial charge is 0.408 e. The summed E-state index contributed by atoms with van der Waals surface area (Å²) >= 11 is 6.51. The molecular weight excluding hydrogens is 494 g/mol. The van der Waals surface area contributed by atoms with Gasteiger partial charge in [-0.05, 0) is 69.0 Å². The normalized spacial score (nSPS) is 11.6. The first kappa shape index (κ1) is 28.3. The average Bonchev–Trinajstić information content (AvgIpc) is 2.86. The number of benzene rings is 3. The lowest BCUT2D eigenvalue weighted by Gasteiger charge is -2.32. The van der Waals surface area contributed by atoms with Gasteiger partial charge in [0.15, 0.2) is 0 Å². The molecule has 0 saturated carbocycles. The van der Waals surface area contributed by atoms with Crippen molar-refractivity contribution in [2.45, 2.75) is 51.4 Å². The summed E-state index contributed by atoms with van der Waals surface area (Å²) in [4.78, 5) is 12.2. The van der Waals surface area contributed by atoms with Crippen molar-refractivity contribution in [1.29, 1.82) is 0 Å². The van der Waals surface area contributed by atoms with Gasteiger partial charge in [0, 0.05) is 11.1 Å². The van der Waals surface area contributed by atoms with E-state index >= 15 is 0 Å². The predicted molar refractivity (Wildman–Crippen MR) is 143 cm³/mol. The second-order valence-corrected chi connectivity index (χ2v) is 10.2. The molecule has 0 aromatic heterocycles. The van der Waals surface area contributed by atoms with Gasteiger partial charge in [-0.1, -0.05) is 54.1 Å². The number of hydrogen-bond donors (Lipinski definition) is 3. The summed E-state index contributed by atoms with van der Waals surface area (Å²) in [6.45, 7) is 4.77. The molecule has 0 atom stereocenters. The molecule has 1 amide bonds. The second kappa shape index (κ2) is 12.8. The van der Waals surface area contributed by atoms with Crippen LogP contribution in [-0.4, -0.2) is 40.7 Å². The number of carbonyl (C=O) groups excluding carboxylic acids is 1. The Morgan fingerprint density at radius 2 is 1.57 bits per heavy atom. The first-order chi connectivity index (χ1) is 17.6.